The third kappa shape index (κ3) is 2.02. The van der Waals surface area contributed by atoms with Crippen molar-refractivity contribution in [1.29, 1.82) is 0 Å². The van der Waals surface area contributed by atoms with Crippen LogP contribution in [0.1, 0.15) is 30.5 Å². The van der Waals surface area contributed by atoms with E-state index < -0.39 is 0 Å². The fourth-order valence-electron chi connectivity index (χ4n) is 2.08. The highest BCUT2D eigenvalue weighted by atomic mass is 16.4. The van der Waals surface area contributed by atoms with Crippen molar-refractivity contribution >= 4 is 18.1 Å². The molecule has 2 nitrogen and oxygen atoms in total. The molecule has 1 heterocycles. The molecule has 1 aliphatic rings. The number of anilines is 1. The number of benzene rings is 1. The first-order chi connectivity index (χ1) is 7.11. The summed E-state index contributed by atoms with van der Waals surface area (Å²) in [5.74, 6) is 0. The van der Waals surface area contributed by atoms with E-state index in [1.807, 2.05) is 20.8 Å². The Morgan fingerprint density at radius 1 is 1.33 bits per heavy atom. The fourth-order valence-corrected chi connectivity index (χ4v) is 2.08. The summed E-state index contributed by atoms with van der Waals surface area (Å²) < 4.78 is 5.56. The van der Waals surface area contributed by atoms with Crippen molar-refractivity contribution in [3.63, 3.8) is 0 Å². The van der Waals surface area contributed by atoms with Gasteiger partial charge in [-0.1, -0.05) is 26.7 Å². The standard InChI is InChI=1S/C10H14BNO.C2H6/c1-6-4-8-5-13-11(3)9(8)7(2)10(6)12;1-2/h4H,5,12H2,1-3H3;1-2H3. The second-order valence-corrected chi connectivity index (χ2v) is 3.76. The van der Waals surface area contributed by atoms with Crippen LogP contribution in [0.5, 0.6) is 0 Å². The van der Waals surface area contributed by atoms with Crippen molar-refractivity contribution in [2.45, 2.75) is 41.1 Å². The molecule has 0 fully saturated rings. The normalized spacial score (nSPS) is 13.3. The number of nitrogen functional groups attached to an aromatic ring is 1. The van der Waals surface area contributed by atoms with Gasteiger partial charge in [-0.25, -0.2) is 0 Å². The summed E-state index contributed by atoms with van der Waals surface area (Å²) in [5, 5.41) is 0. The van der Waals surface area contributed by atoms with E-state index in [2.05, 4.69) is 19.8 Å². The average molecular weight is 205 g/mol. The predicted molar refractivity (Wildman–Crippen MR) is 67.7 cm³/mol. The van der Waals surface area contributed by atoms with Crippen LogP contribution in [0.2, 0.25) is 6.82 Å². The van der Waals surface area contributed by atoms with Gasteiger partial charge >= 0.3 is 6.92 Å². The van der Waals surface area contributed by atoms with Crippen molar-refractivity contribution in [3.05, 3.63) is 22.8 Å². The zero-order chi connectivity index (χ0) is 11.6. The molecule has 0 aromatic heterocycles. The summed E-state index contributed by atoms with van der Waals surface area (Å²) in [6, 6.07) is 2.14. The van der Waals surface area contributed by atoms with Gasteiger partial charge in [-0.2, -0.15) is 0 Å². The van der Waals surface area contributed by atoms with Crippen LogP contribution in [-0.4, -0.2) is 6.92 Å². The van der Waals surface area contributed by atoms with Crippen molar-refractivity contribution in [3.8, 4) is 0 Å². The molecule has 82 valence electrons. The largest absolute Gasteiger partial charge is 0.427 e. The Kier molecular flexibility index (Phi) is 3.80. The van der Waals surface area contributed by atoms with Crippen LogP contribution in [0.3, 0.4) is 0 Å². The van der Waals surface area contributed by atoms with Crippen molar-refractivity contribution in [2.24, 2.45) is 0 Å². The highest BCUT2D eigenvalue weighted by Gasteiger charge is 2.26. The summed E-state index contributed by atoms with van der Waals surface area (Å²) in [7, 11) is 0. The summed E-state index contributed by atoms with van der Waals surface area (Å²) in [4.78, 5) is 0. The molecule has 0 unspecified atom stereocenters. The van der Waals surface area contributed by atoms with E-state index in [9.17, 15) is 0 Å². The van der Waals surface area contributed by atoms with Crippen LogP contribution in [0.25, 0.3) is 0 Å². The van der Waals surface area contributed by atoms with E-state index in [1.54, 1.807) is 0 Å². The second kappa shape index (κ2) is 4.71. The maximum Gasteiger partial charge on any atom is 0.324 e. The molecule has 0 aliphatic carbocycles. The van der Waals surface area contributed by atoms with Crippen LogP contribution in [0.4, 0.5) is 5.69 Å². The lowest BCUT2D eigenvalue weighted by Crippen LogP contribution is -2.28. The van der Waals surface area contributed by atoms with E-state index in [4.69, 9.17) is 10.4 Å². The van der Waals surface area contributed by atoms with Gasteiger partial charge in [0.05, 0.1) is 6.61 Å². The Labute approximate surface area is 92.9 Å². The second-order valence-electron chi connectivity index (χ2n) is 3.76. The van der Waals surface area contributed by atoms with E-state index >= 15 is 0 Å². The lowest BCUT2D eigenvalue weighted by Gasteiger charge is -2.10. The Hall–Kier alpha value is -0.955. The van der Waals surface area contributed by atoms with Gasteiger partial charge in [0, 0.05) is 5.69 Å². The third-order valence-corrected chi connectivity index (χ3v) is 2.86. The van der Waals surface area contributed by atoms with Crippen LogP contribution in [0, 0.1) is 13.8 Å². The van der Waals surface area contributed by atoms with E-state index in [-0.39, 0.29) is 6.92 Å². The minimum Gasteiger partial charge on any atom is -0.427 e. The molecule has 3 heteroatoms. The summed E-state index contributed by atoms with van der Waals surface area (Å²) in [6.45, 7) is 11.1. The topological polar surface area (TPSA) is 35.2 Å². The zero-order valence-electron chi connectivity index (χ0n) is 10.3. The van der Waals surface area contributed by atoms with Crippen LogP contribution < -0.4 is 11.2 Å². The Morgan fingerprint density at radius 2 is 1.93 bits per heavy atom. The minimum atomic E-state index is 0.206. The molecule has 0 radical (unpaired) electrons. The number of aryl methyl sites for hydroxylation is 1. The predicted octanol–water partition coefficient (Wildman–Crippen LogP) is 2.27. The zero-order valence-corrected chi connectivity index (χ0v) is 10.3. The SMILES string of the molecule is CB1OCc2cc(C)c(N)c(C)c21.CC. The van der Waals surface area contributed by atoms with Gasteiger partial charge < -0.3 is 10.4 Å². The smallest absolute Gasteiger partial charge is 0.324 e. The summed E-state index contributed by atoms with van der Waals surface area (Å²) in [5.41, 5.74) is 11.8. The first kappa shape index (κ1) is 12.1. The van der Waals surface area contributed by atoms with Gasteiger partial charge in [-0.15, -0.1) is 0 Å². The molecule has 0 spiro atoms. The Bertz CT molecular complexity index is 363. The molecule has 1 aromatic rings. The summed E-state index contributed by atoms with van der Waals surface area (Å²) >= 11 is 0. The van der Waals surface area contributed by atoms with Gasteiger partial charge in [0.25, 0.3) is 0 Å². The van der Waals surface area contributed by atoms with Gasteiger partial charge in [-0.05, 0) is 36.0 Å². The Morgan fingerprint density at radius 3 is 2.53 bits per heavy atom. The van der Waals surface area contributed by atoms with Gasteiger partial charge in [-0.3, -0.25) is 0 Å². The maximum atomic E-state index is 5.96. The lowest BCUT2D eigenvalue weighted by molar-refractivity contribution is 0.333. The average Bonchev–Trinajstić information content (AvgIpc) is 2.60. The minimum absolute atomic E-state index is 0.206. The monoisotopic (exact) mass is 205 g/mol. The van der Waals surface area contributed by atoms with Gasteiger partial charge in [0.1, 0.15) is 0 Å². The van der Waals surface area contributed by atoms with E-state index in [0.29, 0.717) is 0 Å². The van der Waals surface area contributed by atoms with Gasteiger partial charge in [0.15, 0.2) is 0 Å². The number of rotatable bonds is 0. The lowest BCUT2D eigenvalue weighted by atomic mass is 9.62. The molecule has 1 aliphatic heterocycles. The Balaban J connectivity index is 0.000000531. The molecular formula is C12H20BNO. The highest BCUT2D eigenvalue weighted by molar-refractivity contribution is 6.68. The highest BCUT2D eigenvalue weighted by Crippen LogP contribution is 2.22. The fraction of sp³-hybridized carbons (Fsp3) is 0.500. The number of hydrogen-bond acceptors (Lipinski definition) is 2. The van der Waals surface area contributed by atoms with Crippen LogP contribution >= 0.6 is 0 Å². The first-order valence-corrected chi connectivity index (χ1v) is 5.61. The van der Waals surface area contributed by atoms with Crippen molar-refractivity contribution in [2.75, 3.05) is 5.73 Å². The number of nitrogens with two attached hydrogens (primary N) is 1. The molecule has 0 saturated heterocycles. The molecule has 2 N–H and O–H groups in total. The van der Waals surface area contributed by atoms with Crippen LogP contribution in [0.15, 0.2) is 6.07 Å². The molecule has 2 rings (SSSR count). The molecular weight excluding hydrogens is 185 g/mol. The molecule has 0 saturated carbocycles. The number of fused-ring (bicyclic) bond motifs is 1. The molecule has 0 bridgehead atoms. The molecule has 1 aromatic carbocycles. The molecule has 0 amide bonds. The third-order valence-electron chi connectivity index (χ3n) is 2.86. The van der Waals surface area contributed by atoms with E-state index in [0.717, 1.165) is 17.9 Å². The maximum absolute atomic E-state index is 5.96. The first-order valence-electron chi connectivity index (χ1n) is 5.61. The van der Waals surface area contributed by atoms with Crippen molar-refractivity contribution < 1.29 is 4.65 Å². The van der Waals surface area contributed by atoms with Crippen molar-refractivity contribution in [1.82, 2.24) is 0 Å². The molecule has 15 heavy (non-hydrogen) atoms. The number of hydrogen-bond donors (Lipinski definition) is 1. The van der Waals surface area contributed by atoms with E-state index in [1.165, 1.54) is 16.6 Å². The van der Waals surface area contributed by atoms with Gasteiger partial charge in [0.2, 0.25) is 0 Å². The molecule has 0 atom stereocenters. The quantitative estimate of drug-likeness (QED) is 0.520. The van der Waals surface area contributed by atoms with Crippen LogP contribution in [-0.2, 0) is 11.3 Å². The summed E-state index contributed by atoms with van der Waals surface area (Å²) in [6.07, 6.45) is 0.